The lowest BCUT2D eigenvalue weighted by Gasteiger charge is -2.03. The van der Waals surface area contributed by atoms with Gasteiger partial charge in [0.25, 0.3) is 0 Å². The van der Waals surface area contributed by atoms with Crippen molar-refractivity contribution in [2.45, 2.75) is 19.5 Å². The quantitative estimate of drug-likeness (QED) is 0.529. The molecule has 0 aliphatic heterocycles. The van der Waals surface area contributed by atoms with Gasteiger partial charge in [0.2, 0.25) is 0 Å². The van der Waals surface area contributed by atoms with Crippen LogP contribution in [-0.4, -0.2) is 19.2 Å². The largest absolute Gasteiger partial charge is 0.265 e. The zero-order valence-corrected chi connectivity index (χ0v) is 6.14. The van der Waals surface area contributed by atoms with E-state index in [0.29, 0.717) is 6.42 Å². The molecule has 0 aromatic rings. The second-order valence-corrected chi connectivity index (χ2v) is 2.75. The highest BCUT2D eigenvalue weighted by atomic mass is 19.1. The lowest BCUT2D eigenvalue weighted by Crippen LogP contribution is -2.08. The second kappa shape index (κ2) is 2.64. The van der Waals surface area contributed by atoms with Gasteiger partial charge in [0, 0.05) is 18.9 Å². The van der Waals surface area contributed by atoms with E-state index in [1.807, 2.05) is 0 Å². The van der Waals surface area contributed by atoms with Crippen molar-refractivity contribution in [3.8, 4) is 0 Å². The molecule has 3 atom stereocenters. The molecule has 1 saturated carbocycles. The Labute approximate surface area is 59.1 Å². The van der Waals surface area contributed by atoms with E-state index in [-0.39, 0.29) is 11.8 Å². The van der Waals surface area contributed by atoms with Gasteiger partial charge in [-0.05, 0) is 6.42 Å². The Bertz CT molecular complexity index is 156. The molecule has 1 fully saturated rings. The molecule has 1 nitrogen and oxygen atoms in total. The fraction of sp³-hybridized carbons (Fsp3) is 0.857. The summed E-state index contributed by atoms with van der Waals surface area (Å²) in [6.07, 6.45) is -0.285. The van der Waals surface area contributed by atoms with E-state index in [9.17, 15) is 8.78 Å². The summed E-state index contributed by atoms with van der Waals surface area (Å²) in [6.45, 7) is 1.67. The van der Waals surface area contributed by atoms with Gasteiger partial charge in [-0.25, -0.2) is 4.39 Å². The maximum absolute atomic E-state index is 12.6. The number of hydrogen-bond donors (Lipinski definition) is 0. The molecule has 3 heteroatoms. The highest BCUT2D eigenvalue weighted by Gasteiger charge is 2.43. The minimum atomic E-state index is -0.789. The third-order valence-electron chi connectivity index (χ3n) is 1.99. The molecule has 0 heterocycles. The van der Waals surface area contributed by atoms with Crippen molar-refractivity contribution >= 4 is 5.97 Å². The number of alkyl halides is 1. The summed E-state index contributed by atoms with van der Waals surface area (Å²) in [6, 6.07) is 0. The van der Waals surface area contributed by atoms with Crippen LogP contribution in [0.4, 0.5) is 8.78 Å². The van der Waals surface area contributed by atoms with Crippen LogP contribution in [-0.2, 0) is 0 Å². The van der Waals surface area contributed by atoms with E-state index in [4.69, 9.17) is 0 Å². The zero-order chi connectivity index (χ0) is 7.72. The van der Waals surface area contributed by atoms with Gasteiger partial charge in [-0.1, -0.05) is 6.92 Å². The van der Waals surface area contributed by atoms with Gasteiger partial charge in [0.05, 0.1) is 0 Å². The summed E-state index contributed by atoms with van der Waals surface area (Å²) in [5.74, 6) is -0.853. The molecule has 0 N–H and O–H groups in total. The van der Waals surface area contributed by atoms with Crippen LogP contribution in [0.25, 0.3) is 0 Å². The van der Waals surface area contributed by atoms with Crippen LogP contribution in [0.3, 0.4) is 0 Å². The third-order valence-corrected chi connectivity index (χ3v) is 1.99. The molecule has 58 valence electrons. The predicted molar refractivity (Wildman–Crippen MR) is 36.6 cm³/mol. The second-order valence-electron chi connectivity index (χ2n) is 2.75. The molecule has 0 bridgehead atoms. The molecule has 1 aliphatic rings. The molecule has 10 heavy (non-hydrogen) atoms. The van der Waals surface area contributed by atoms with Crippen LogP contribution in [0.5, 0.6) is 0 Å². The van der Waals surface area contributed by atoms with Crippen LogP contribution in [0.1, 0.15) is 13.3 Å². The number of hydrogen-bond acceptors (Lipinski definition) is 1. The molecule has 0 saturated heterocycles. The number of aliphatic imine (C=N–C) groups is 1. The summed E-state index contributed by atoms with van der Waals surface area (Å²) in [7, 11) is 1.39. The number of rotatable bonds is 2. The smallest absolute Gasteiger partial charge is 0.187 e. The van der Waals surface area contributed by atoms with Gasteiger partial charge in [-0.2, -0.15) is 4.39 Å². The van der Waals surface area contributed by atoms with Gasteiger partial charge in [0.1, 0.15) is 6.17 Å². The normalized spacial score (nSPS) is 35.8. The van der Waals surface area contributed by atoms with Crippen molar-refractivity contribution < 1.29 is 8.78 Å². The van der Waals surface area contributed by atoms with E-state index < -0.39 is 12.1 Å². The van der Waals surface area contributed by atoms with Crippen molar-refractivity contribution in [2.75, 3.05) is 7.05 Å². The van der Waals surface area contributed by atoms with Crippen molar-refractivity contribution in [3.05, 3.63) is 0 Å². The van der Waals surface area contributed by atoms with Crippen molar-refractivity contribution in [3.63, 3.8) is 0 Å². The Hall–Kier alpha value is -0.470. The first kappa shape index (κ1) is 7.63. The maximum Gasteiger partial charge on any atom is 0.187 e. The first-order chi connectivity index (χ1) is 4.66. The van der Waals surface area contributed by atoms with Crippen LogP contribution in [0.2, 0.25) is 0 Å². The molecular formula is C7H11F2N. The van der Waals surface area contributed by atoms with Gasteiger partial charge in [0.15, 0.2) is 5.97 Å². The third kappa shape index (κ3) is 1.33. The SMILES string of the molecule is C/N=C(/F)C(C)C1CC1F. The predicted octanol–water partition coefficient (Wildman–Crippen LogP) is 1.98. The monoisotopic (exact) mass is 147 g/mol. The molecule has 0 aromatic carbocycles. The first-order valence-electron chi connectivity index (χ1n) is 3.43. The Morgan fingerprint density at radius 3 is 2.50 bits per heavy atom. The molecule has 1 rings (SSSR count). The van der Waals surface area contributed by atoms with E-state index in [0.717, 1.165) is 0 Å². The topological polar surface area (TPSA) is 12.4 Å². The van der Waals surface area contributed by atoms with Crippen molar-refractivity contribution in [2.24, 2.45) is 16.8 Å². The highest BCUT2D eigenvalue weighted by molar-refractivity contribution is 5.77. The minimum absolute atomic E-state index is 0.108. The molecule has 0 radical (unpaired) electrons. The van der Waals surface area contributed by atoms with Crippen LogP contribution in [0.15, 0.2) is 4.99 Å². The van der Waals surface area contributed by atoms with Gasteiger partial charge >= 0.3 is 0 Å². The minimum Gasteiger partial charge on any atom is -0.265 e. The van der Waals surface area contributed by atoms with Crippen LogP contribution >= 0.6 is 0 Å². The average Bonchev–Trinajstić information content (AvgIpc) is 2.63. The van der Waals surface area contributed by atoms with Crippen molar-refractivity contribution in [1.82, 2.24) is 0 Å². The average molecular weight is 147 g/mol. The van der Waals surface area contributed by atoms with Crippen molar-refractivity contribution in [1.29, 1.82) is 0 Å². The summed E-state index contributed by atoms with van der Waals surface area (Å²) in [5, 5.41) is 0. The summed E-state index contributed by atoms with van der Waals surface area (Å²) >= 11 is 0. The van der Waals surface area contributed by atoms with Gasteiger partial charge in [-0.15, -0.1) is 0 Å². The maximum atomic E-state index is 12.6. The lowest BCUT2D eigenvalue weighted by molar-refractivity contribution is 0.417. The Kier molecular flexibility index (Phi) is 2.02. The number of halogens is 2. The van der Waals surface area contributed by atoms with Crippen LogP contribution < -0.4 is 0 Å². The Balaban J connectivity index is 2.42. The zero-order valence-electron chi connectivity index (χ0n) is 6.14. The molecular weight excluding hydrogens is 136 g/mol. The summed E-state index contributed by atoms with van der Waals surface area (Å²) in [4.78, 5) is 3.37. The molecule has 0 aromatic heterocycles. The molecule has 0 spiro atoms. The summed E-state index contributed by atoms with van der Waals surface area (Å²) < 4.78 is 24.9. The van der Waals surface area contributed by atoms with Gasteiger partial charge in [-0.3, -0.25) is 4.99 Å². The standard InChI is InChI=1S/C7H11F2N/c1-4(7(9)10-2)5-3-6(5)8/h4-6H,3H2,1-2H3/b10-7+. The first-order valence-corrected chi connectivity index (χ1v) is 3.43. The lowest BCUT2D eigenvalue weighted by atomic mass is 10.1. The fourth-order valence-corrected chi connectivity index (χ4v) is 1.08. The van der Waals surface area contributed by atoms with Gasteiger partial charge < -0.3 is 0 Å². The van der Waals surface area contributed by atoms with E-state index in [1.54, 1.807) is 6.92 Å². The Morgan fingerprint density at radius 1 is 1.70 bits per heavy atom. The van der Waals surface area contributed by atoms with E-state index in [2.05, 4.69) is 4.99 Å². The molecule has 0 amide bonds. The molecule has 3 unspecified atom stereocenters. The fourth-order valence-electron chi connectivity index (χ4n) is 1.08. The van der Waals surface area contributed by atoms with E-state index in [1.165, 1.54) is 7.05 Å². The highest BCUT2D eigenvalue weighted by Crippen LogP contribution is 2.40. The molecule has 1 aliphatic carbocycles. The summed E-state index contributed by atoms with van der Waals surface area (Å²) in [5.41, 5.74) is 0. The van der Waals surface area contributed by atoms with E-state index >= 15 is 0 Å². The number of nitrogens with zero attached hydrogens (tertiary/aromatic N) is 1. The Morgan fingerprint density at radius 2 is 2.20 bits per heavy atom. The van der Waals surface area contributed by atoms with Crippen LogP contribution in [0, 0.1) is 11.8 Å².